The number of aliphatic hydroxyl groups excluding tert-OH is 1. The molecule has 0 aliphatic carbocycles. The van der Waals surface area contributed by atoms with Crippen molar-refractivity contribution in [3.63, 3.8) is 0 Å². The lowest BCUT2D eigenvalue weighted by Gasteiger charge is -2.22. The summed E-state index contributed by atoms with van der Waals surface area (Å²) in [6.07, 6.45) is 0. The molecule has 1 aromatic carbocycles. The van der Waals surface area contributed by atoms with Crippen molar-refractivity contribution in [3.05, 3.63) is 28.3 Å². The molecule has 0 aliphatic rings. The van der Waals surface area contributed by atoms with Gasteiger partial charge in [0.05, 0.1) is 17.7 Å². The molecule has 16 heavy (non-hydrogen) atoms. The zero-order valence-corrected chi connectivity index (χ0v) is 10.5. The van der Waals surface area contributed by atoms with Crippen LogP contribution in [0.1, 0.15) is 37.9 Å². The van der Waals surface area contributed by atoms with Crippen molar-refractivity contribution in [2.24, 2.45) is 5.73 Å². The first-order chi connectivity index (χ1) is 7.27. The Hall–Kier alpha value is -0.770. The van der Waals surface area contributed by atoms with Crippen LogP contribution in [-0.2, 0) is 5.41 Å². The van der Waals surface area contributed by atoms with E-state index in [-0.39, 0.29) is 22.8 Å². The molecule has 0 aromatic heterocycles. The van der Waals surface area contributed by atoms with E-state index in [2.05, 4.69) is 0 Å². The molecule has 0 aliphatic heterocycles. The fraction of sp³-hybridized carbons (Fsp3) is 0.500. The Morgan fingerprint density at radius 1 is 1.38 bits per heavy atom. The van der Waals surface area contributed by atoms with Crippen molar-refractivity contribution in [1.82, 2.24) is 0 Å². The largest absolute Gasteiger partial charge is 0.506 e. The Labute approximate surface area is 101 Å². The van der Waals surface area contributed by atoms with Gasteiger partial charge in [-0.3, -0.25) is 0 Å². The van der Waals surface area contributed by atoms with Crippen LogP contribution in [0.3, 0.4) is 0 Å². The number of hydrogen-bond acceptors (Lipinski definition) is 3. The van der Waals surface area contributed by atoms with Crippen LogP contribution in [0.4, 0.5) is 0 Å². The van der Waals surface area contributed by atoms with Crippen molar-refractivity contribution in [3.8, 4) is 5.75 Å². The summed E-state index contributed by atoms with van der Waals surface area (Å²) in [6, 6.07) is 2.91. The molecule has 1 rings (SSSR count). The quantitative estimate of drug-likeness (QED) is 0.747. The summed E-state index contributed by atoms with van der Waals surface area (Å²) in [7, 11) is 0. The SMILES string of the molecule is CC(C)(C)c1cc(Cl)c(O)c([C@H](N)CO)c1. The average molecular weight is 244 g/mol. The van der Waals surface area contributed by atoms with E-state index in [1.807, 2.05) is 20.8 Å². The summed E-state index contributed by atoms with van der Waals surface area (Å²) in [4.78, 5) is 0. The fourth-order valence-electron chi connectivity index (χ4n) is 1.43. The van der Waals surface area contributed by atoms with Crippen LogP contribution in [0.2, 0.25) is 5.02 Å². The minimum Gasteiger partial charge on any atom is -0.506 e. The summed E-state index contributed by atoms with van der Waals surface area (Å²) in [5, 5.41) is 19.1. The smallest absolute Gasteiger partial charge is 0.139 e. The number of aliphatic hydroxyl groups is 1. The lowest BCUT2D eigenvalue weighted by Crippen LogP contribution is -2.17. The van der Waals surface area contributed by atoms with Gasteiger partial charge in [-0.15, -0.1) is 0 Å². The average Bonchev–Trinajstić information content (AvgIpc) is 2.19. The molecule has 4 N–H and O–H groups in total. The first kappa shape index (κ1) is 13.3. The zero-order chi connectivity index (χ0) is 12.5. The van der Waals surface area contributed by atoms with Gasteiger partial charge in [0.2, 0.25) is 0 Å². The highest BCUT2D eigenvalue weighted by atomic mass is 35.5. The van der Waals surface area contributed by atoms with E-state index in [0.717, 1.165) is 5.56 Å². The second kappa shape index (κ2) is 4.62. The number of hydrogen-bond donors (Lipinski definition) is 3. The molecule has 0 amide bonds. The predicted octanol–water partition coefficient (Wildman–Crippen LogP) is 2.34. The highest BCUT2D eigenvalue weighted by Gasteiger charge is 2.20. The summed E-state index contributed by atoms with van der Waals surface area (Å²) >= 11 is 5.94. The maximum Gasteiger partial charge on any atom is 0.139 e. The third kappa shape index (κ3) is 2.67. The van der Waals surface area contributed by atoms with Crippen molar-refractivity contribution in [1.29, 1.82) is 0 Å². The molecule has 0 saturated carbocycles. The molecular weight excluding hydrogens is 226 g/mol. The van der Waals surface area contributed by atoms with Gasteiger partial charge in [0.15, 0.2) is 0 Å². The molecule has 4 heteroatoms. The molecule has 3 nitrogen and oxygen atoms in total. The van der Waals surface area contributed by atoms with Crippen LogP contribution in [0.25, 0.3) is 0 Å². The zero-order valence-electron chi connectivity index (χ0n) is 9.79. The van der Waals surface area contributed by atoms with Crippen LogP contribution in [0.15, 0.2) is 12.1 Å². The standard InChI is InChI=1S/C12H18ClNO2/c1-12(2,3)7-4-8(10(14)6-15)11(16)9(13)5-7/h4-5,10,15-16H,6,14H2,1-3H3/t10-/m1/s1. The predicted molar refractivity (Wildman–Crippen MR) is 65.8 cm³/mol. The second-order valence-electron chi connectivity index (χ2n) is 4.93. The second-order valence-corrected chi connectivity index (χ2v) is 5.34. The summed E-state index contributed by atoms with van der Waals surface area (Å²) in [6.45, 7) is 5.91. The number of halogens is 1. The number of aromatic hydroxyl groups is 1. The third-order valence-electron chi connectivity index (χ3n) is 2.56. The third-order valence-corrected chi connectivity index (χ3v) is 2.84. The molecule has 1 aromatic rings. The molecule has 1 atom stereocenters. The van der Waals surface area contributed by atoms with Crippen LogP contribution >= 0.6 is 11.6 Å². The first-order valence-corrected chi connectivity index (χ1v) is 5.54. The van der Waals surface area contributed by atoms with E-state index in [0.29, 0.717) is 5.56 Å². The molecule has 90 valence electrons. The highest BCUT2D eigenvalue weighted by molar-refractivity contribution is 6.32. The van der Waals surface area contributed by atoms with E-state index in [4.69, 9.17) is 22.4 Å². The molecule has 0 heterocycles. The number of phenolic OH excluding ortho intramolecular Hbond substituents is 1. The Kier molecular flexibility index (Phi) is 3.84. The highest BCUT2D eigenvalue weighted by Crippen LogP contribution is 2.36. The minimum atomic E-state index is -0.611. The molecule has 0 fully saturated rings. The Bertz CT molecular complexity index is 385. The van der Waals surface area contributed by atoms with Gasteiger partial charge in [0.1, 0.15) is 5.75 Å². The van der Waals surface area contributed by atoms with Crippen LogP contribution in [0, 0.1) is 0 Å². The molecule has 0 spiro atoms. The van der Waals surface area contributed by atoms with Gasteiger partial charge in [0, 0.05) is 5.56 Å². The summed E-state index contributed by atoms with van der Waals surface area (Å²) in [5.41, 5.74) is 7.09. The van der Waals surface area contributed by atoms with Crippen LogP contribution in [0.5, 0.6) is 5.75 Å². The number of rotatable bonds is 2. The monoisotopic (exact) mass is 243 g/mol. The van der Waals surface area contributed by atoms with Crippen molar-refractivity contribution < 1.29 is 10.2 Å². The number of nitrogens with two attached hydrogens (primary N) is 1. The van der Waals surface area contributed by atoms with Gasteiger partial charge in [-0.2, -0.15) is 0 Å². The summed E-state index contributed by atoms with van der Waals surface area (Å²) in [5.74, 6) is -0.0452. The van der Waals surface area contributed by atoms with E-state index in [9.17, 15) is 5.11 Å². The van der Waals surface area contributed by atoms with E-state index >= 15 is 0 Å². The number of benzene rings is 1. The first-order valence-electron chi connectivity index (χ1n) is 5.16. The Morgan fingerprint density at radius 2 is 1.94 bits per heavy atom. The Morgan fingerprint density at radius 3 is 2.38 bits per heavy atom. The molecular formula is C12H18ClNO2. The maximum atomic E-state index is 9.77. The van der Waals surface area contributed by atoms with Crippen LogP contribution in [-0.4, -0.2) is 16.8 Å². The van der Waals surface area contributed by atoms with Crippen molar-refractivity contribution >= 4 is 11.6 Å². The minimum absolute atomic E-state index is 0.0452. The molecule has 0 saturated heterocycles. The lowest BCUT2D eigenvalue weighted by molar-refractivity contribution is 0.265. The maximum absolute atomic E-state index is 9.77. The van der Waals surface area contributed by atoms with Gasteiger partial charge in [-0.25, -0.2) is 0 Å². The van der Waals surface area contributed by atoms with Gasteiger partial charge in [0.25, 0.3) is 0 Å². The molecule has 0 radical (unpaired) electrons. The normalized spacial score (nSPS) is 13.9. The van der Waals surface area contributed by atoms with E-state index in [1.165, 1.54) is 0 Å². The van der Waals surface area contributed by atoms with Crippen molar-refractivity contribution in [2.45, 2.75) is 32.2 Å². The van der Waals surface area contributed by atoms with Gasteiger partial charge >= 0.3 is 0 Å². The summed E-state index contributed by atoms with van der Waals surface area (Å²) < 4.78 is 0. The molecule has 0 bridgehead atoms. The van der Waals surface area contributed by atoms with Crippen LogP contribution < -0.4 is 5.73 Å². The topological polar surface area (TPSA) is 66.5 Å². The molecule has 0 unspecified atom stereocenters. The van der Waals surface area contributed by atoms with Gasteiger partial charge in [-0.1, -0.05) is 32.4 Å². The lowest BCUT2D eigenvalue weighted by atomic mass is 9.85. The van der Waals surface area contributed by atoms with Gasteiger partial charge < -0.3 is 15.9 Å². The van der Waals surface area contributed by atoms with E-state index < -0.39 is 6.04 Å². The van der Waals surface area contributed by atoms with E-state index in [1.54, 1.807) is 12.1 Å². The van der Waals surface area contributed by atoms with Crippen molar-refractivity contribution in [2.75, 3.05) is 6.61 Å². The van der Waals surface area contributed by atoms with Gasteiger partial charge in [-0.05, 0) is 23.1 Å². The Balaban J connectivity index is 3.33. The number of phenols is 1. The fourth-order valence-corrected chi connectivity index (χ4v) is 1.66.